The topological polar surface area (TPSA) is 68.0 Å². The highest BCUT2D eigenvalue weighted by Gasteiger charge is 2.12. The summed E-state index contributed by atoms with van der Waals surface area (Å²) in [6.45, 7) is 2.47. The first-order valence-electron chi connectivity index (χ1n) is 7.66. The maximum absolute atomic E-state index is 11.2. The minimum absolute atomic E-state index is 0.259. The Bertz CT molecular complexity index is 1080. The van der Waals surface area contributed by atoms with E-state index in [1.165, 1.54) is 0 Å². The lowest BCUT2D eigenvalue weighted by Gasteiger charge is -2.08. The van der Waals surface area contributed by atoms with Crippen molar-refractivity contribution in [1.82, 2.24) is 14.5 Å². The molecule has 0 unspecified atom stereocenters. The molecule has 5 heteroatoms. The van der Waals surface area contributed by atoms with Gasteiger partial charge in [-0.1, -0.05) is 24.3 Å². The van der Waals surface area contributed by atoms with Gasteiger partial charge < -0.3 is 9.67 Å². The third-order valence-corrected chi connectivity index (χ3v) is 4.19. The van der Waals surface area contributed by atoms with Crippen LogP contribution in [0.5, 0.6) is 0 Å². The van der Waals surface area contributed by atoms with Gasteiger partial charge in [-0.15, -0.1) is 0 Å². The van der Waals surface area contributed by atoms with Gasteiger partial charge in [0.1, 0.15) is 5.82 Å². The van der Waals surface area contributed by atoms with E-state index in [0.717, 1.165) is 33.3 Å². The van der Waals surface area contributed by atoms with Gasteiger partial charge in [0.2, 0.25) is 0 Å². The Hall–Kier alpha value is -3.21. The van der Waals surface area contributed by atoms with Crippen molar-refractivity contribution in [1.29, 1.82) is 0 Å². The summed E-state index contributed by atoms with van der Waals surface area (Å²) < 4.78 is 2.00. The van der Waals surface area contributed by atoms with Gasteiger partial charge in [-0.3, -0.25) is 4.98 Å². The Morgan fingerprint density at radius 3 is 2.71 bits per heavy atom. The molecular formula is C19H15N3O2. The summed E-state index contributed by atoms with van der Waals surface area (Å²) in [5.41, 5.74) is 2.77. The van der Waals surface area contributed by atoms with Crippen molar-refractivity contribution < 1.29 is 9.90 Å². The number of rotatable bonds is 3. The highest BCUT2D eigenvalue weighted by Crippen LogP contribution is 2.20. The fourth-order valence-electron chi connectivity index (χ4n) is 2.95. The van der Waals surface area contributed by atoms with Crippen LogP contribution in [-0.2, 0) is 6.54 Å². The van der Waals surface area contributed by atoms with E-state index in [1.807, 2.05) is 35.9 Å². The number of hydrogen-bond donors (Lipinski definition) is 1. The Morgan fingerprint density at radius 2 is 1.92 bits per heavy atom. The number of pyridine rings is 1. The van der Waals surface area contributed by atoms with Crippen LogP contribution in [0.4, 0.5) is 0 Å². The van der Waals surface area contributed by atoms with E-state index >= 15 is 0 Å². The number of aryl methyl sites for hydroxylation is 1. The summed E-state index contributed by atoms with van der Waals surface area (Å²) in [6, 6.07) is 15.1. The van der Waals surface area contributed by atoms with Crippen molar-refractivity contribution in [3.8, 4) is 0 Å². The highest BCUT2D eigenvalue weighted by atomic mass is 16.4. The summed E-state index contributed by atoms with van der Waals surface area (Å²) in [4.78, 5) is 20.3. The molecule has 24 heavy (non-hydrogen) atoms. The lowest BCUT2D eigenvalue weighted by Crippen LogP contribution is -2.04. The van der Waals surface area contributed by atoms with Crippen molar-refractivity contribution in [2.45, 2.75) is 13.5 Å². The van der Waals surface area contributed by atoms with Crippen LogP contribution >= 0.6 is 0 Å². The Labute approximate surface area is 138 Å². The Balaban J connectivity index is 1.81. The zero-order valence-corrected chi connectivity index (χ0v) is 13.1. The maximum atomic E-state index is 11.2. The quantitative estimate of drug-likeness (QED) is 0.626. The third-order valence-electron chi connectivity index (χ3n) is 4.19. The fourth-order valence-corrected chi connectivity index (χ4v) is 2.95. The molecule has 0 spiro atoms. The molecule has 2 aromatic carbocycles. The molecule has 5 nitrogen and oxygen atoms in total. The molecule has 0 aliphatic rings. The van der Waals surface area contributed by atoms with Crippen LogP contribution < -0.4 is 0 Å². The predicted molar refractivity (Wildman–Crippen MR) is 92.3 cm³/mol. The lowest BCUT2D eigenvalue weighted by molar-refractivity contribution is 0.0697. The van der Waals surface area contributed by atoms with Crippen LogP contribution in [-0.4, -0.2) is 25.6 Å². The monoisotopic (exact) mass is 317 g/mol. The molecule has 0 fully saturated rings. The van der Waals surface area contributed by atoms with Crippen LogP contribution in [0.25, 0.3) is 21.8 Å². The van der Waals surface area contributed by atoms with Crippen LogP contribution in [0.3, 0.4) is 0 Å². The number of hydrogen-bond acceptors (Lipinski definition) is 3. The van der Waals surface area contributed by atoms with E-state index in [2.05, 4.69) is 22.1 Å². The minimum atomic E-state index is -0.939. The average Bonchev–Trinajstić information content (AvgIpc) is 2.89. The third kappa shape index (κ3) is 2.40. The van der Waals surface area contributed by atoms with Gasteiger partial charge in [0.05, 0.1) is 28.8 Å². The summed E-state index contributed by atoms with van der Waals surface area (Å²) in [7, 11) is 0. The second-order valence-corrected chi connectivity index (χ2v) is 5.78. The van der Waals surface area contributed by atoms with Gasteiger partial charge in [0.15, 0.2) is 0 Å². The molecule has 0 aliphatic carbocycles. The highest BCUT2D eigenvalue weighted by molar-refractivity contribution is 5.92. The van der Waals surface area contributed by atoms with Gasteiger partial charge in [-0.25, -0.2) is 9.78 Å². The van der Waals surface area contributed by atoms with Crippen molar-refractivity contribution in [2.75, 3.05) is 0 Å². The Kier molecular flexibility index (Phi) is 3.27. The predicted octanol–water partition coefficient (Wildman–Crippen LogP) is 3.64. The number of carbonyl (C=O) groups is 1. The summed E-state index contributed by atoms with van der Waals surface area (Å²) in [5, 5.41) is 11.4. The SMILES string of the molecule is Cc1nc2ccc(C(=O)O)cc2n1Cc1cc2ccccc2cn1. The van der Waals surface area contributed by atoms with E-state index in [0.29, 0.717) is 6.54 Å². The zero-order chi connectivity index (χ0) is 16.7. The van der Waals surface area contributed by atoms with E-state index in [9.17, 15) is 9.90 Å². The normalized spacial score (nSPS) is 11.2. The number of benzene rings is 2. The summed E-state index contributed by atoms with van der Waals surface area (Å²) in [5.74, 6) is -0.103. The van der Waals surface area contributed by atoms with E-state index in [1.54, 1.807) is 18.2 Å². The first-order valence-corrected chi connectivity index (χ1v) is 7.66. The van der Waals surface area contributed by atoms with Gasteiger partial charge in [0, 0.05) is 11.6 Å². The molecule has 0 amide bonds. The number of aromatic nitrogens is 3. The molecule has 0 saturated heterocycles. The van der Waals surface area contributed by atoms with Crippen LogP contribution in [0.15, 0.2) is 54.7 Å². The van der Waals surface area contributed by atoms with Gasteiger partial charge in [0.25, 0.3) is 0 Å². The zero-order valence-electron chi connectivity index (χ0n) is 13.1. The van der Waals surface area contributed by atoms with E-state index < -0.39 is 5.97 Å². The number of fused-ring (bicyclic) bond motifs is 2. The van der Waals surface area contributed by atoms with Crippen LogP contribution in [0.2, 0.25) is 0 Å². The molecule has 0 saturated carbocycles. The fraction of sp³-hybridized carbons (Fsp3) is 0.105. The van der Waals surface area contributed by atoms with Crippen molar-refractivity contribution in [2.24, 2.45) is 0 Å². The van der Waals surface area contributed by atoms with Gasteiger partial charge >= 0.3 is 5.97 Å². The number of nitrogens with zero attached hydrogens (tertiary/aromatic N) is 3. The summed E-state index contributed by atoms with van der Waals surface area (Å²) >= 11 is 0. The lowest BCUT2D eigenvalue weighted by atomic mass is 10.1. The molecule has 118 valence electrons. The van der Waals surface area contributed by atoms with Crippen LogP contribution in [0.1, 0.15) is 21.9 Å². The van der Waals surface area contributed by atoms with Crippen molar-refractivity contribution >= 4 is 27.8 Å². The molecule has 0 aliphatic heterocycles. The smallest absolute Gasteiger partial charge is 0.335 e. The molecule has 1 N–H and O–H groups in total. The molecule has 0 atom stereocenters. The molecule has 0 bridgehead atoms. The first-order chi connectivity index (χ1) is 11.6. The Morgan fingerprint density at radius 1 is 1.12 bits per heavy atom. The number of aromatic carboxylic acids is 1. The molecule has 0 radical (unpaired) electrons. The molecule has 2 aromatic heterocycles. The standard InChI is InChI=1S/C19H15N3O2/c1-12-21-17-7-6-14(19(23)24)9-18(17)22(12)11-16-8-13-4-2-3-5-15(13)10-20-16/h2-10H,11H2,1H3,(H,23,24). The summed E-state index contributed by atoms with van der Waals surface area (Å²) in [6.07, 6.45) is 1.86. The molecule has 4 rings (SSSR count). The molecular weight excluding hydrogens is 302 g/mol. The first kappa shape index (κ1) is 14.4. The number of imidazole rings is 1. The van der Waals surface area contributed by atoms with Crippen molar-refractivity contribution in [3.63, 3.8) is 0 Å². The number of carboxylic acid groups (broad SMARTS) is 1. The minimum Gasteiger partial charge on any atom is -0.478 e. The van der Waals surface area contributed by atoms with E-state index in [-0.39, 0.29) is 5.56 Å². The molecule has 4 aromatic rings. The largest absolute Gasteiger partial charge is 0.478 e. The van der Waals surface area contributed by atoms with E-state index in [4.69, 9.17) is 0 Å². The van der Waals surface area contributed by atoms with Gasteiger partial charge in [-0.2, -0.15) is 0 Å². The van der Waals surface area contributed by atoms with Crippen LogP contribution in [0, 0.1) is 6.92 Å². The average molecular weight is 317 g/mol. The van der Waals surface area contributed by atoms with Gasteiger partial charge in [-0.05, 0) is 36.6 Å². The second-order valence-electron chi connectivity index (χ2n) is 5.78. The van der Waals surface area contributed by atoms with Crippen molar-refractivity contribution in [3.05, 3.63) is 71.8 Å². The number of carboxylic acids is 1. The second kappa shape index (κ2) is 5.45. The maximum Gasteiger partial charge on any atom is 0.335 e. The molecule has 2 heterocycles.